The lowest BCUT2D eigenvalue weighted by atomic mass is 9.93. The minimum atomic E-state index is -4.77. The van der Waals surface area contributed by atoms with Gasteiger partial charge in [0.1, 0.15) is 17.2 Å². The van der Waals surface area contributed by atoms with Crippen LogP contribution in [0.4, 0.5) is 22.0 Å². The normalized spacial score (nSPS) is 21.9. The number of terminal acetylenes is 1. The number of halogens is 5. The predicted octanol–water partition coefficient (Wildman–Crippen LogP) is 5.22. The molecule has 0 fully saturated rings. The molecular formula is C22H18F5N3. The van der Waals surface area contributed by atoms with E-state index in [1.165, 1.54) is 31.2 Å². The maximum Gasteiger partial charge on any atom is 0.419 e. The van der Waals surface area contributed by atoms with Crippen LogP contribution < -0.4 is 0 Å². The van der Waals surface area contributed by atoms with Gasteiger partial charge in [0.05, 0.1) is 16.8 Å². The Hall–Kier alpha value is -3.21. The summed E-state index contributed by atoms with van der Waals surface area (Å²) in [6, 6.07) is 3.20. The highest BCUT2D eigenvalue weighted by atomic mass is 19.4. The van der Waals surface area contributed by atoms with Gasteiger partial charge in [0, 0.05) is 24.9 Å². The second kappa shape index (κ2) is 7.90. The Morgan fingerprint density at radius 1 is 1.37 bits per heavy atom. The van der Waals surface area contributed by atoms with E-state index >= 15 is 0 Å². The van der Waals surface area contributed by atoms with Crippen molar-refractivity contribution in [3.8, 4) is 12.3 Å². The monoisotopic (exact) mass is 419 g/mol. The van der Waals surface area contributed by atoms with E-state index in [9.17, 15) is 22.0 Å². The van der Waals surface area contributed by atoms with Gasteiger partial charge < -0.3 is 4.90 Å². The molecular weight excluding hydrogens is 401 g/mol. The number of allylic oxidation sites excluding steroid dienone is 2. The minimum Gasteiger partial charge on any atom is -0.370 e. The first-order valence-corrected chi connectivity index (χ1v) is 9.00. The fourth-order valence-electron chi connectivity index (χ4n) is 3.35. The highest BCUT2D eigenvalue weighted by Gasteiger charge is 2.39. The molecule has 1 aromatic carbocycles. The molecule has 0 radical (unpaired) electrons. The Morgan fingerprint density at radius 3 is 2.73 bits per heavy atom. The third-order valence-corrected chi connectivity index (χ3v) is 4.80. The molecule has 0 saturated heterocycles. The summed E-state index contributed by atoms with van der Waals surface area (Å²) >= 11 is 0. The van der Waals surface area contributed by atoms with Gasteiger partial charge in [-0.15, -0.1) is 6.42 Å². The largest absolute Gasteiger partial charge is 0.419 e. The molecule has 8 heteroatoms. The van der Waals surface area contributed by atoms with E-state index in [2.05, 4.69) is 15.9 Å². The summed E-state index contributed by atoms with van der Waals surface area (Å²) < 4.78 is 67.2. The Morgan fingerprint density at radius 2 is 2.10 bits per heavy atom. The van der Waals surface area contributed by atoms with Crippen LogP contribution in [0.1, 0.15) is 25.0 Å². The van der Waals surface area contributed by atoms with E-state index in [1.54, 1.807) is 24.1 Å². The van der Waals surface area contributed by atoms with Crippen LogP contribution in [-0.4, -0.2) is 28.5 Å². The van der Waals surface area contributed by atoms with Gasteiger partial charge in [0.15, 0.2) is 5.84 Å². The van der Waals surface area contributed by atoms with Crippen LogP contribution in [0.3, 0.4) is 0 Å². The lowest BCUT2D eigenvalue weighted by Gasteiger charge is -2.34. The quantitative estimate of drug-likeness (QED) is 0.374. The van der Waals surface area contributed by atoms with Gasteiger partial charge in [-0.1, -0.05) is 18.1 Å². The summed E-state index contributed by atoms with van der Waals surface area (Å²) in [6.45, 7) is 3.19. The van der Waals surface area contributed by atoms with Crippen LogP contribution in [0.5, 0.6) is 0 Å². The van der Waals surface area contributed by atoms with Gasteiger partial charge in [-0.25, -0.2) is 13.8 Å². The van der Waals surface area contributed by atoms with Crippen molar-refractivity contribution in [3.05, 3.63) is 71.0 Å². The molecule has 0 amide bonds. The van der Waals surface area contributed by atoms with Gasteiger partial charge in [-0.3, -0.25) is 4.99 Å². The summed E-state index contributed by atoms with van der Waals surface area (Å²) in [5, 5.41) is 0. The fraction of sp³-hybridized carbons (Fsp3) is 0.273. The molecule has 1 unspecified atom stereocenters. The smallest absolute Gasteiger partial charge is 0.370 e. The van der Waals surface area contributed by atoms with Crippen LogP contribution in [0.25, 0.3) is 0 Å². The van der Waals surface area contributed by atoms with Crippen LogP contribution in [-0.2, 0) is 12.7 Å². The van der Waals surface area contributed by atoms with Crippen LogP contribution in [0.15, 0.2) is 64.0 Å². The molecule has 156 valence electrons. The third kappa shape index (κ3) is 4.20. The van der Waals surface area contributed by atoms with E-state index in [1.807, 2.05) is 0 Å². The summed E-state index contributed by atoms with van der Waals surface area (Å²) in [5.74, 6) is 0.661. The highest BCUT2D eigenvalue weighted by Crippen LogP contribution is 2.34. The number of alkyl halides is 3. The third-order valence-electron chi connectivity index (χ3n) is 4.80. The molecule has 1 atom stereocenters. The molecule has 0 aromatic heterocycles. The van der Waals surface area contributed by atoms with E-state index in [0.29, 0.717) is 11.8 Å². The van der Waals surface area contributed by atoms with Crippen molar-refractivity contribution in [2.75, 3.05) is 6.54 Å². The molecule has 3 rings (SSSR count). The lowest BCUT2D eigenvalue weighted by molar-refractivity contribution is -0.140. The topological polar surface area (TPSA) is 28.0 Å². The second-order valence-electron chi connectivity index (χ2n) is 7.15. The zero-order valence-corrected chi connectivity index (χ0v) is 16.3. The summed E-state index contributed by atoms with van der Waals surface area (Å²) in [6.07, 6.45) is 6.40. The standard InChI is InChI=1S/C22H18F5N3/c1-4-5-8-16(14(2)23)20-28-18-10-11-30(13-21(18,3)29-20)12-15-7-6-9-17(19(15)24)22(25,26)27/h1,5-11H,12-13H2,2-3H3/b8-5-,16-14-. The maximum atomic E-state index is 14.4. The molecule has 2 aliphatic heterocycles. The van der Waals surface area contributed by atoms with Gasteiger partial charge >= 0.3 is 6.18 Å². The number of rotatable bonds is 4. The number of amidine groups is 1. The van der Waals surface area contributed by atoms with E-state index in [0.717, 1.165) is 0 Å². The lowest BCUT2D eigenvalue weighted by Crippen LogP contribution is -2.44. The Balaban J connectivity index is 1.86. The first-order valence-electron chi connectivity index (χ1n) is 9.00. The van der Waals surface area contributed by atoms with Gasteiger partial charge in [-0.05, 0) is 38.1 Å². The zero-order chi connectivity index (χ0) is 22.1. The summed E-state index contributed by atoms with van der Waals surface area (Å²) in [7, 11) is 0. The average Bonchev–Trinajstić information content (AvgIpc) is 2.98. The molecule has 1 aromatic rings. The van der Waals surface area contributed by atoms with Gasteiger partial charge in [-0.2, -0.15) is 13.2 Å². The molecule has 0 spiro atoms. The molecule has 30 heavy (non-hydrogen) atoms. The van der Waals surface area contributed by atoms with Crippen molar-refractivity contribution in [1.82, 2.24) is 4.90 Å². The van der Waals surface area contributed by atoms with Crippen molar-refractivity contribution in [1.29, 1.82) is 0 Å². The zero-order valence-electron chi connectivity index (χ0n) is 16.3. The van der Waals surface area contributed by atoms with Crippen molar-refractivity contribution in [2.45, 2.75) is 32.1 Å². The maximum absolute atomic E-state index is 14.4. The summed E-state index contributed by atoms with van der Waals surface area (Å²) in [5.41, 5.74) is -1.51. The molecule has 0 saturated carbocycles. The first-order chi connectivity index (χ1) is 14.0. The second-order valence-corrected chi connectivity index (χ2v) is 7.15. The number of nitrogens with zero attached hydrogens (tertiary/aromatic N) is 3. The predicted molar refractivity (Wildman–Crippen MR) is 106 cm³/mol. The van der Waals surface area contributed by atoms with Crippen LogP contribution in [0.2, 0.25) is 0 Å². The molecule has 2 heterocycles. The number of fused-ring (bicyclic) bond motifs is 1. The Kier molecular flexibility index (Phi) is 5.66. The van der Waals surface area contributed by atoms with Crippen molar-refractivity contribution < 1.29 is 22.0 Å². The number of benzene rings is 1. The minimum absolute atomic E-state index is 0.0815. The Bertz CT molecular complexity index is 1050. The van der Waals surface area contributed by atoms with Crippen molar-refractivity contribution >= 4 is 11.5 Å². The molecule has 0 aliphatic carbocycles. The van der Waals surface area contributed by atoms with E-state index in [4.69, 9.17) is 6.42 Å². The molecule has 2 aliphatic rings. The highest BCUT2D eigenvalue weighted by molar-refractivity contribution is 6.19. The number of hydrogen-bond donors (Lipinski definition) is 0. The molecule has 0 N–H and O–H groups in total. The van der Waals surface area contributed by atoms with Crippen LogP contribution in [0, 0.1) is 18.2 Å². The van der Waals surface area contributed by atoms with Crippen LogP contribution >= 0.6 is 0 Å². The fourth-order valence-corrected chi connectivity index (χ4v) is 3.35. The van der Waals surface area contributed by atoms with E-state index < -0.39 is 28.9 Å². The van der Waals surface area contributed by atoms with Gasteiger partial charge in [0.25, 0.3) is 0 Å². The number of hydrogen-bond acceptors (Lipinski definition) is 3. The first kappa shape index (κ1) is 21.5. The SMILES string of the molecule is C#C/C=C\C(C1=NC2(C)CN(Cc3cccc(C(F)(F)F)c3F)C=CC2=N1)=C(/C)F. The number of aliphatic imine (C=N–C) groups is 2. The molecule has 3 nitrogen and oxygen atoms in total. The average molecular weight is 419 g/mol. The Labute approximate surface area is 171 Å². The molecule has 0 bridgehead atoms. The van der Waals surface area contributed by atoms with E-state index in [-0.39, 0.29) is 30.1 Å². The van der Waals surface area contributed by atoms with Crippen molar-refractivity contribution in [2.24, 2.45) is 9.98 Å². The van der Waals surface area contributed by atoms with Gasteiger partial charge in [0.2, 0.25) is 0 Å². The van der Waals surface area contributed by atoms with Crippen molar-refractivity contribution in [3.63, 3.8) is 0 Å². The summed E-state index contributed by atoms with van der Waals surface area (Å²) in [4.78, 5) is 10.5.